The zero-order valence-electron chi connectivity index (χ0n) is 4.10. The average molecular weight is 402 g/mol. The van der Waals surface area contributed by atoms with E-state index in [2.05, 4.69) is 45.6 Å². The molecule has 0 aromatic carbocycles. The van der Waals surface area contributed by atoms with E-state index in [1.54, 1.807) is 11.3 Å². The molecular weight excluding hydrogens is 399 g/mol. The Morgan fingerprint density at radius 1 is 1.50 bits per heavy atom. The van der Waals surface area contributed by atoms with E-state index >= 15 is 0 Å². The molecule has 0 spiro atoms. The number of halogens is 2. The molecule has 0 aliphatic rings. The summed E-state index contributed by atoms with van der Waals surface area (Å²) in [5.74, 6) is 0. The normalized spacial score (nSPS) is 6.25. The second kappa shape index (κ2) is 8.78. The Labute approximate surface area is 82.4 Å². The van der Waals surface area contributed by atoms with E-state index in [4.69, 9.17) is 0 Å². The molecule has 0 amide bonds. The van der Waals surface area contributed by atoms with Gasteiger partial charge in [0.25, 0.3) is 0 Å². The molecule has 4 heteroatoms. The molecule has 0 fully saturated rings. The van der Waals surface area contributed by atoms with Crippen LogP contribution in [-0.2, 0) is 10.1 Å². The molecule has 8 heavy (non-hydrogen) atoms. The van der Waals surface area contributed by atoms with Gasteiger partial charge in [0.15, 0.2) is 0 Å². The van der Waals surface area contributed by atoms with Gasteiger partial charge in [-0.15, -0.1) is 0 Å². The van der Waals surface area contributed by atoms with Crippen LogP contribution in [-0.4, -0.2) is 0 Å². The summed E-state index contributed by atoms with van der Waals surface area (Å²) >= 11 is 6.58. The zero-order chi connectivity index (χ0) is 6.24. The molecule has 0 unspecified atom stereocenters. The Balaban J connectivity index is 0.000000145. The molecule has 0 aliphatic heterocycles. The summed E-state index contributed by atoms with van der Waals surface area (Å²) in [5.41, 5.74) is 0. The zero-order valence-corrected chi connectivity index (χ0v) is 12.2. The third-order valence-corrected chi connectivity index (χ3v) is 0.944. The van der Waals surface area contributed by atoms with Crippen molar-refractivity contribution in [2.24, 2.45) is 0 Å². The van der Waals surface area contributed by atoms with Gasteiger partial charge in [0.2, 0.25) is 0 Å². The fourth-order valence-corrected chi connectivity index (χ4v) is 0.589. The van der Waals surface area contributed by atoms with E-state index in [1.165, 1.54) is 0 Å². The summed E-state index contributed by atoms with van der Waals surface area (Å²) in [5, 5.41) is 3.90. The Morgan fingerprint density at radius 3 is 2.25 bits per heavy atom. The van der Waals surface area contributed by atoms with Crippen LogP contribution in [0.15, 0.2) is 16.8 Å². The van der Waals surface area contributed by atoms with Crippen LogP contribution in [0.4, 0.5) is 0 Å². The minimum Gasteiger partial charge on any atom is -0.152 e. The molecule has 0 saturated heterocycles. The summed E-state index contributed by atoms with van der Waals surface area (Å²) in [7, 11) is 0.0650. The van der Waals surface area contributed by atoms with Crippen LogP contribution in [0, 0.1) is 6.07 Å². The van der Waals surface area contributed by atoms with Crippen LogP contribution in [0.5, 0.6) is 0 Å². The second-order valence-electron chi connectivity index (χ2n) is 0.824. The van der Waals surface area contributed by atoms with Crippen molar-refractivity contribution in [1.29, 1.82) is 0 Å². The second-order valence-corrected chi connectivity index (χ2v) is 25.1. The van der Waals surface area contributed by atoms with Crippen LogP contribution in [0.1, 0.15) is 0 Å². The molecule has 0 bridgehead atoms. The van der Waals surface area contributed by atoms with Gasteiger partial charge in [0.1, 0.15) is 0 Å². The first kappa shape index (κ1) is 9.78. The van der Waals surface area contributed by atoms with Crippen molar-refractivity contribution in [1.82, 2.24) is 0 Å². The Bertz CT molecular complexity index is 80.9. The van der Waals surface area contributed by atoms with Gasteiger partial charge < -0.3 is 0 Å². The van der Waals surface area contributed by atoms with Gasteiger partial charge >= 0.3 is 49.6 Å². The summed E-state index contributed by atoms with van der Waals surface area (Å²) in [6, 6.07) is 4.77. The minimum absolute atomic E-state index is 0.0650. The average Bonchev–Trinajstić information content (AvgIpc) is 2.17. The third-order valence-electron chi connectivity index (χ3n) is 0.379. The fraction of sp³-hybridized carbons (Fsp3) is 0. The standard InChI is InChI=1S/C4H3S.2HI.Zn/c1-2-4-5-3-1;;;/h1,3-4H;2*1H;/q;;;+2/p-2. The van der Waals surface area contributed by atoms with Gasteiger partial charge in [-0.1, -0.05) is 0 Å². The molecule has 1 heterocycles. The number of rotatable bonds is 0. The van der Waals surface area contributed by atoms with E-state index in [0.717, 1.165) is 0 Å². The molecule has 1 aromatic rings. The molecule has 1 rings (SSSR count). The number of hydrogen-bond acceptors (Lipinski definition) is 1. The maximum Gasteiger partial charge on any atom is -0.00144 e. The van der Waals surface area contributed by atoms with Crippen molar-refractivity contribution < 1.29 is 10.1 Å². The van der Waals surface area contributed by atoms with Crippen molar-refractivity contribution in [3.63, 3.8) is 0 Å². The van der Waals surface area contributed by atoms with Gasteiger partial charge in [0.05, 0.1) is 0 Å². The van der Waals surface area contributed by atoms with Crippen LogP contribution >= 0.6 is 50.8 Å². The first-order valence-electron chi connectivity index (χ1n) is 1.92. The first-order chi connectivity index (χ1) is 3.91. The fourth-order valence-electron chi connectivity index (χ4n) is 0.196. The summed E-state index contributed by atoms with van der Waals surface area (Å²) in [6.45, 7) is 0. The summed E-state index contributed by atoms with van der Waals surface area (Å²) in [4.78, 5) is 0. The predicted octanol–water partition coefficient (Wildman–Crippen LogP) is 3.32. The molecule has 1 aromatic heterocycles. The van der Waals surface area contributed by atoms with Crippen LogP contribution in [0.2, 0.25) is 0 Å². The third kappa shape index (κ3) is 7.78. The maximum absolute atomic E-state index is 2.88. The van der Waals surface area contributed by atoms with Gasteiger partial charge in [0, 0.05) is 0 Å². The monoisotopic (exact) mass is 401 g/mol. The van der Waals surface area contributed by atoms with Gasteiger partial charge in [-0.3, -0.25) is 0 Å². The van der Waals surface area contributed by atoms with Crippen molar-refractivity contribution in [2.75, 3.05) is 0 Å². The van der Waals surface area contributed by atoms with E-state index in [-0.39, 0.29) is 10.1 Å². The van der Waals surface area contributed by atoms with Gasteiger partial charge in [-0.05, 0) is 22.9 Å². The van der Waals surface area contributed by atoms with Crippen molar-refractivity contribution in [2.45, 2.75) is 0 Å². The Morgan fingerprint density at radius 2 is 2.12 bits per heavy atom. The van der Waals surface area contributed by atoms with Crippen molar-refractivity contribution in [3.05, 3.63) is 22.9 Å². The van der Waals surface area contributed by atoms with E-state index < -0.39 is 0 Å². The minimum atomic E-state index is 0.0650. The van der Waals surface area contributed by atoms with Gasteiger partial charge in [-0.25, -0.2) is 0 Å². The summed E-state index contributed by atoms with van der Waals surface area (Å²) < 4.78 is 0. The topological polar surface area (TPSA) is 0 Å². The van der Waals surface area contributed by atoms with Crippen molar-refractivity contribution >= 4 is 50.8 Å². The smallest absolute Gasteiger partial charge is 0.00144 e. The van der Waals surface area contributed by atoms with E-state index in [9.17, 15) is 0 Å². The largest absolute Gasteiger partial charge is 0.152 e. The molecule has 0 N–H and O–H groups in total. The first-order valence-corrected chi connectivity index (χ1v) is 21.0. The Hall–Kier alpha value is 1.78. The molecule has 41 valence electrons. The quantitative estimate of drug-likeness (QED) is 0.462. The number of hydrogen-bond donors (Lipinski definition) is 0. The molecule has 1 radical (unpaired) electrons. The molecule has 0 aliphatic carbocycles. The van der Waals surface area contributed by atoms with Crippen LogP contribution in [0.3, 0.4) is 0 Å². The maximum atomic E-state index is 2.88. The van der Waals surface area contributed by atoms with Crippen molar-refractivity contribution in [3.8, 4) is 0 Å². The molecule has 0 saturated carbocycles. The SMILES string of the molecule is [I][Zn][I].[c]1ccsc1. The van der Waals surface area contributed by atoms with Crippen LogP contribution in [0.25, 0.3) is 0 Å². The van der Waals surface area contributed by atoms with E-state index in [0.29, 0.717) is 0 Å². The van der Waals surface area contributed by atoms with E-state index in [1.807, 2.05) is 16.8 Å². The molecule has 0 nitrogen and oxygen atoms in total. The van der Waals surface area contributed by atoms with Crippen LogP contribution < -0.4 is 0 Å². The van der Waals surface area contributed by atoms with Gasteiger partial charge in [-0.2, -0.15) is 11.3 Å². The summed E-state index contributed by atoms with van der Waals surface area (Å²) in [6.07, 6.45) is 0. The predicted molar refractivity (Wildman–Crippen MR) is 51.2 cm³/mol. The molecular formula is C4H3I2SZn. The molecule has 0 atom stereocenters. The number of thiophene rings is 1. The Kier molecular flexibility index (Phi) is 10.7.